The van der Waals surface area contributed by atoms with E-state index >= 15 is 0 Å². The molecule has 0 aliphatic heterocycles. The zero-order valence-corrected chi connectivity index (χ0v) is 19.7. The number of nitrogens with one attached hydrogen (secondary N) is 4. The first-order chi connectivity index (χ1) is 18.0. The molecule has 3 amide bonds. The fraction of sp³-hybridized carbons (Fsp3) is 0.0690. The van der Waals surface area contributed by atoms with Crippen molar-refractivity contribution in [1.29, 1.82) is 0 Å². The van der Waals surface area contributed by atoms with Gasteiger partial charge < -0.3 is 15.6 Å². The minimum absolute atomic E-state index is 0.237. The number of hydrogen-bond donors (Lipinski definition) is 5. The number of rotatable bonds is 7. The van der Waals surface area contributed by atoms with Crippen LogP contribution in [0.2, 0.25) is 0 Å². The molecule has 5 N–H and O–H groups in total. The van der Waals surface area contributed by atoms with Crippen LogP contribution in [0.15, 0.2) is 97.2 Å². The number of aromatic amines is 1. The van der Waals surface area contributed by atoms with Crippen LogP contribution in [0.1, 0.15) is 26.3 Å². The summed E-state index contributed by atoms with van der Waals surface area (Å²) in [6.45, 7) is 0. The van der Waals surface area contributed by atoms with Crippen molar-refractivity contribution in [2.45, 2.75) is 12.5 Å². The monoisotopic (exact) mass is 492 g/mol. The van der Waals surface area contributed by atoms with Crippen molar-refractivity contribution in [1.82, 2.24) is 15.8 Å². The van der Waals surface area contributed by atoms with Gasteiger partial charge in [0.15, 0.2) is 0 Å². The predicted octanol–water partition coefficient (Wildman–Crippen LogP) is 4.42. The maximum atomic E-state index is 13.4. The Bertz CT molecular complexity index is 1610. The van der Waals surface area contributed by atoms with Gasteiger partial charge in [0.05, 0.1) is 0 Å². The fourth-order valence-electron chi connectivity index (χ4n) is 4.30. The number of hydroxylamine groups is 1. The molecule has 4 aromatic carbocycles. The van der Waals surface area contributed by atoms with Gasteiger partial charge in [0.1, 0.15) is 6.04 Å². The molecule has 0 bridgehead atoms. The average molecular weight is 493 g/mol. The first kappa shape index (κ1) is 23.8. The van der Waals surface area contributed by atoms with E-state index in [1.165, 1.54) is 12.1 Å². The number of H-pyrrole nitrogens is 1. The number of carbonyl (C=O) groups is 3. The van der Waals surface area contributed by atoms with E-state index < -0.39 is 17.9 Å². The molecule has 0 aliphatic carbocycles. The highest BCUT2D eigenvalue weighted by Crippen LogP contribution is 2.21. The van der Waals surface area contributed by atoms with Crippen LogP contribution in [0.4, 0.5) is 5.69 Å². The summed E-state index contributed by atoms with van der Waals surface area (Å²) in [4.78, 5) is 41.4. The molecule has 37 heavy (non-hydrogen) atoms. The number of para-hydroxylation sites is 1. The molecule has 0 radical (unpaired) electrons. The van der Waals surface area contributed by atoms with E-state index in [1.54, 1.807) is 29.7 Å². The number of carbonyl (C=O) groups excluding carboxylic acids is 3. The Labute approximate surface area is 212 Å². The van der Waals surface area contributed by atoms with Crippen LogP contribution in [0.3, 0.4) is 0 Å². The number of amides is 3. The lowest BCUT2D eigenvalue weighted by molar-refractivity contribution is -0.118. The number of benzene rings is 4. The van der Waals surface area contributed by atoms with Crippen LogP contribution in [-0.4, -0.2) is 34.0 Å². The molecular weight excluding hydrogens is 468 g/mol. The van der Waals surface area contributed by atoms with E-state index in [-0.39, 0.29) is 17.9 Å². The van der Waals surface area contributed by atoms with Gasteiger partial charge in [0, 0.05) is 40.3 Å². The Morgan fingerprint density at radius 3 is 2.27 bits per heavy atom. The summed E-state index contributed by atoms with van der Waals surface area (Å²) in [5.41, 5.74) is 4.54. The fourth-order valence-corrected chi connectivity index (χ4v) is 4.30. The Balaban J connectivity index is 1.40. The van der Waals surface area contributed by atoms with Gasteiger partial charge in [-0.15, -0.1) is 0 Å². The van der Waals surface area contributed by atoms with Crippen molar-refractivity contribution >= 4 is 45.1 Å². The van der Waals surface area contributed by atoms with E-state index in [0.29, 0.717) is 11.3 Å². The summed E-state index contributed by atoms with van der Waals surface area (Å²) >= 11 is 0. The molecule has 0 saturated carbocycles. The van der Waals surface area contributed by atoms with Crippen LogP contribution in [0, 0.1) is 0 Å². The summed E-state index contributed by atoms with van der Waals surface area (Å²) in [5, 5.41) is 17.4. The van der Waals surface area contributed by atoms with Crippen LogP contribution in [-0.2, 0) is 11.2 Å². The molecule has 1 heterocycles. The van der Waals surface area contributed by atoms with Crippen molar-refractivity contribution in [3.05, 3.63) is 114 Å². The molecule has 5 aromatic rings. The SMILES string of the molecule is O=C(NO)c1ccc(NC(=O)[C@H](Cc2c[nH]c3ccccc23)NC(=O)c2ccc3ccccc3c2)cc1. The lowest BCUT2D eigenvalue weighted by Crippen LogP contribution is -2.45. The highest BCUT2D eigenvalue weighted by atomic mass is 16.5. The van der Waals surface area contributed by atoms with Gasteiger partial charge in [-0.25, -0.2) is 5.48 Å². The van der Waals surface area contributed by atoms with E-state index in [1.807, 2.05) is 60.8 Å². The molecule has 1 atom stereocenters. The van der Waals surface area contributed by atoms with Gasteiger partial charge in [0.25, 0.3) is 11.8 Å². The lowest BCUT2D eigenvalue weighted by Gasteiger charge is -2.19. The first-order valence-electron chi connectivity index (χ1n) is 11.7. The van der Waals surface area contributed by atoms with Crippen molar-refractivity contribution in [3.63, 3.8) is 0 Å². The third kappa shape index (κ3) is 5.19. The van der Waals surface area contributed by atoms with Gasteiger partial charge >= 0.3 is 0 Å². The number of aromatic nitrogens is 1. The van der Waals surface area contributed by atoms with Gasteiger partial charge in [-0.05, 0) is 58.8 Å². The van der Waals surface area contributed by atoms with Gasteiger partial charge in [-0.2, -0.15) is 0 Å². The van der Waals surface area contributed by atoms with E-state index in [0.717, 1.165) is 27.2 Å². The minimum atomic E-state index is -0.876. The maximum absolute atomic E-state index is 13.4. The second-order valence-electron chi connectivity index (χ2n) is 8.66. The second-order valence-corrected chi connectivity index (χ2v) is 8.66. The summed E-state index contributed by atoms with van der Waals surface area (Å²) < 4.78 is 0. The molecule has 0 saturated heterocycles. The topological polar surface area (TPSA) is 123 Å². The van der Waals surface area contributed by atoms with Crippen molar-refractivity contribution in [2.75, 3.05) is 5.32 Å². The zero-order chi connectivity index (χ0) is 25.8. The van der Waals surface area contributed by atoms with Crippen molar-refractivity contribution in [3.8, 4) is 0 Å². The number of fused-ring (bicyclic) bond motifs is 2. The van der Waals surface area contributed by atoms with Crippen molar-refractivity contribution in [2.24, 2.45) is 0 Å². The van der Waals surface area contributed by atoms with Crippen LogP contribution >= 0.6 is 0 Å². The van der Waals surface area contributed by atoms with Gasteiger partial charge in [0.2, 0.25) is 5.91 Å². The molecule has 5 rings (SSSR count). The average Bonchev–Trinajstić information content (AvgIpc) is 3.35. The highest BCUT2D eigenvalue weighted by molar-refractivity contribution is 6.03. The van der Waals surface area contributed by atoms with Crippen LogP contribution < -0.4 is 16.1 Å². The zero-order valence-electron chi connectivity index (χ0n) is 19.7. The Hall–Kier alpha value is -4.95. The molecule has 0 unspecified atom stereocenters. The third-order valence-corrected chi connectivity index (χ3v) is 6.25. The highest BCUT2D eigenvalue weighted by Gasteiger charge is 2.24. The van der Waals surface area contributed by atoms with Crippen LogP contribution in [0.5, 0.6) is 0 Å². The molecule has 0 fully saturated rings. The molecule has 8 heteroatoms. The molecular formula is C29H24N4O4. The normalized spacial score (nSPS) is 11.7. The summed E-state index contributed by atoms with van der Waals surface area (Å²) in [5.74, 6) is -1.42. The molecule has 184 valence electrons. The smallest absolute Gasteiger partial charge is 0.274 e. The number of hydrogen-bond acceptors (Lipinski definition) is 4. The Morgan fingerprint density at radius 1 is 0.784 bits per heavy atom. The molecule has 0 spiro atoms. The summed E-state index contributed by atoms with van der Waals surface area (Å²) in [6.07, 6.45) is 2.11. The summed E-state index contributed by atoms with van der Waals surface area (Å²) in [6, 6.07) is 26.1. The first-order valence-corrected chi connectivity index (χ1v) is 11.7. The Morgan fingerprint density at radius 2 is 1.49 bits per heavy atom. The number of anilines is 1. The summed E-state index contributed by atoms with van der Waals surface area (Å²) in [7, 11) is 0. The predicted molar refractivity (Wildman–Crippen MR) is 142 cm³/mol. The molecule has 0 aliphatic rings. The van der Waals surface area contributed by atoms with E-state index in [9.17, 15) is 14.4 Å². The van der Waals surface area contributed by atoms with Crippen molar-refractivity contribution < 1.29 is 19.6 Å². The van der Waals surface area contributed by atoms with Crippen LogP contribution in [0.25, 0.3) is 21.7 Å². The third-order valence-electron chi connectivity index (χ3n) is 6.25. The molecule has 8 nitrogen and oxygen atoms in total. The lowest BCUT2D eigenvalue weighted by atomic mass is 10.0. The van der Waals surface area contributed by atoms with E-state index in [2.05, 4.69) is 15.6 Å². The maximum Gasteiger partial charge on any atom is 0.274 e. The van der Waals surface area contributed by atoms with E-state index in [4.69, 9.17) is 5.21 Å². The largest absolute Gasteiger partial charge is 0.361 e. The molecule has 1 aromatic heterocycles. The second kappa shape index (κ2) is 10.3. The quantitative estimate of drug-likeness (QED) is 0.170. The van der Waals surface area contributed by atoms with Gasteiger partial charge in [-0.1, -0.05) is 48.5 Å². The minimum Gasteiger partial charge on any atom is -0.361 e. The standard InChI is InChI=1S/C29H24N4O4/c34-27(21-10-9-18-5-1-2-6-20(18)15-21)32-26(16-22-17-30-25-8-4-3-7-24(22)25)29(36)31-23-13-11-19(12-14-23)28(35)33-37/h1-15,17,26,30,37H,16H2,(H,31,36)(H,32,34)(H,33,35)/t26-/m0/s1. The van der Waals surface area contributed by atoms with Gasteiger partial charge in [-0.3, -0.25) is 19.6 Å². The Kier molecular flexibility index (Phi) is 6.65.